The van der Waals surface area contributed by atoms with Gasteiger partial charge in [-0.2, -0.15) is 14.6 Å². The first kappa shape index (κ1) is 19.5. The van der Waals surface area contributed by atoms with Crippen LogP contribution in [0, 0.1) is 0 Å². The zero-order valence-corrected chi connectivity index (χ0v) is 17.5. The van der Waals surface area contributed by atoms with Gasteiger partial charge in [-0.05, 0) is 42.5 Å². The maximum absolute atomic E-state index is 5.48. The second-order valence-corrected chi connectivity index (χ2v) is 7.13. The number of para-hydroxylation sites is 2. The fourth-order valence-electron chi connectivity index (χ4n) is 3.10. The molecule has 0 aliphatic heterocycles. The molecular weight excluding hydrogens is 422 g/mol. The Bertz CT molecular complexity index is 1370. The van der Waals surface area contributed by atoms with Crippen LogP contribution >= 0.6 is 12.2 Å². The van der Waals surface area contributed by atoms with Crippen LogP contribution in [0.4, 0.5) is 23.0 Å². The summed E-state index contributed by atoms with van der Waals surface area (Å²) in [5.74, 6) is 1.78. The normalized spacial score (nSPS) is 10.6. The molecule has 3 aromatic heterocycles. The number of benzene rings is 2. The number of hydrogen-bond donors (Lipinski definition) is 3. The molecule has 156 valence electrons. The first-order valence-corrected chi connectivity index (χ1v) is 10.1. The highest BCUT2D eigenvalue weighted by molar-refractivity contribution is 7.80. The fourth-order valence-corrected chi connectivity index (χ4v) is 3.32. The highest BCUT2D eigenvalue weighted by Crippen LogP contribution is 2.25. The van der Waals surface area contributed by atoms with Crippen molar-refractivity contribution in [1.82, 2.24) is 29.8 Å². The molecule has 9 nitrogen and oxygen atoms in total. The van der Waals surface area contributed by atoms with Crippen molar-refractivity contribution in [3.05, 3.63) is 85.3 Å². The number of aromatic nitrogens is 6. The Hall–Kier alpha value is -4.44. The maximum atomic E-state index is 5.48. The van der Waals surface area contributed by atoms with Crippen molar-refractivity contribution in [3.63, 3.8) is 0 Å². The Morgan fingerprint density at radius 1 is 0.781 bits per heavy atom. The van der Waals surface area contributed by atoms with E-state index in [4.69, 9.17) is 12.2 Å². The van der Waals surface area contributed by atoms with Crippen molar-refractivity contribution in [2.75, 3.05) is 16.0 Å². The van der Waals surface area contributed by atoms with E-state index in [1.54, 1.807) is 10.7 Å². The summed E-state index contributed by atoms with van der Waals surface area (Å²) in [5.41, 5.74) is 3.39. The summed E-state index contributed by atoms with van der Waals surface area (Å²) >= 11 is 5.48. The van der Waals surface area contributed by atoms with Crippen LogP contribution in [0.15, 0.2) is 85.3 Å². The van der Waals surface area contributed by atoms with E-state index in [-0.39, 0.29) is 0 Å². The standard InChI is InChI=1S/C22H17N9S/c32-22(28-19-11-10-16(29-30-19)15-6-2-1-3-7-15)27-18-9-5-4-8-17(18)26-20-12-13-23-21-24-14-25-31(20)21/h1-14,26H,(H2,27,28,30,32). The fraction of sp³-hybridized carbons (Fsp3) is 0. The molecule has 3 heterocycles. The Morgan fingerprint density at radius 3 is 2.41 bits per heavy atom. The molecule has 0 unspecified atom stereocenters. The third kappa shape index (κ3) is 4.20. The summed E-state index contributed by atoms with van der Waals surface area (Å²) < 4.78 is 1.62. The zero-order chi connectivity index (χ0) is 21.8. The maximum Gasteiger partial charge on any atom is 0.254 e. The number of nitrogens with one attached hydrogen (secondary N) is 3. The van der Waals surface area contributed by atoms with Gasteiger partial charge in [0.15, 0.2) is 10.9 Å². The van der Waals surface area contributed by atoms with Crippen LogP contribution in [-0.2, 0) is 0 Å². The molecule has 0 spiro atoms. The molecule has 32 heavy (non-hydrogen) atoms. The number of thiocarbonyl (C=S) groups is 1. The molecule has 10 heteroatoms. The summed E-state index contributed by atoms with van der Waals surface area (Å²) in [7, 11) is 0. The SMILES string of the molecule is S=C(Nc1ccc(-c2ccccc2)nn1)Nc1ccccc1Nc1ccnc2ncnn12. The lowest BCUT2D eigenvalue weighted by Gasteiger charge is -2.15. The molecule has 0 atom stereocenters. The average molecular weight is 440 g/mol. The Labute approximate surface area is 188 Å². The molecular formula is C22H17N9S. The molecule has 0 amide bonds. The number of hydrogen-bond acceptors (Lipinski definition) is 7. The van der Waals surface area contributed by atoms with E-state index in [2.05, 4.69) is 41.2 Å². The van der Waals surface area contributed by atoms with E-state index in [0.717, 1.165) is 28.5 Å². The Kier molecular flexibility index (Phi) is 5.33. The summed E-state index contributed by atoms with van der Waals surface area (Å²) in [4.78, 5) is 8.28. The second-order valence-electron chi connectivity index (χ2n) is 6.72. The number of rotatable bonds is 5. The first-order chi connectivity index (χ1) is 15.8. The van der Waals surface area contributed by atoms with Gasteiger partial charge in [-0.1, -0.05) is 42.5 Å². The van der Waals surface area contributed by atoms with E-state index in [0.29, 0.717) is 16.7 Å². The largest absolute Gasteiger partial charge is 0.338 e. The summed E-state index contributed by atoms with van der Waals surface area (Å²) in [6.45, 7) is 0. The topological polar surface area (TPSA) is 105 Å². The predicted molar refractivity (Wildman–Crippen MR) is 128 cm³/mol. The van der Waals surface area contributed by atoms with Crippen LogP contribution in [0.5, 0.6) is 0 Å². The van der Waals surface area contributed by atoms with Crippen LogP contribution < -0.4 is 16.0 Å². The Morgan fingerprint density at radius 2 is 1.59 bits per heavy atom. The van der Waals surface area contributed by atoms with Crippen molar-refractivity contribution in [3.8, 4) is 11.3 Å². The first-order valence-electron chi connectivity index (χ1n) is 9.74. The van der Waals surface area contributed by atoms with Gasteiger partial charge in [0, 0.05) is 11.8 Å². The van der Waals surface area contributed by atoms with E-state index >= 15 is 0 Å². The van der Waals surface area contributed by atoms with Gasteiger partial charge in [0.2, 0.25) is 0 Å². The average Bonchev–Trinajstić information content (AvgIpc) is 3.31. The van der Waals surface area contributed by atoms with Gasteiger partial charge < -0.3 is 16.0 Å². The molecule has 0 bridgehead atoms. The van der Waals surface area contributed by atoms with Gasteiger partial charge in [-0.3, -0.25) is 0 Å². The van der Waals surface area contributed by atoms with E-state index in [1.807, 2.05) is 72.8 Å². The van der Waals surface area contributed by atoms with Crippen molar-refractivity contribution in [2.45, 2.75) is 0 Å². The molecule has 3 N–H and O–H groups in total. The molecule has 0 saturated carbocycles. The highest BCUT2D eigenvalue weighted by Gasteiger charge is 2.09. The summed E-state index contributed by atoms with van der Waals surface area (Å²) in [6, 6.07) is 23.1. The molecule has 0 fully saturated rings. The van der Waals surface area contributed by atoms with E-state index in [9.17, 15) is 0 Å². The van der Waals surface area contributed by atoms with E-state index in [1.165, 1.54) is 6.33 Å². The van der Waals surface area contributed by atoms with Crippen molar-refractivity contribution >= 4 is 46.1 Å². The lowest BCUT2D eigenvalue weighted by atomic mass is 10.1. The molecule has 5 aromatic rings. The van der Waals surface area contributed by atoms with Crippen molar-refractivity contribution in [2.24, 2.45) is 0 Å². The molecule has 0 aliphatic carbocycles. The highest BCUT2D eigenvalue weighted by atomic mass is 32.1. The van der Waals surface area contributed by atoms with Crippen LogP contribution in [0.25, 0.3) is 17.0 Å². The summed E-state index contributed by atoms with van der Waals surface area (Å²) in [6.07, 6.45) is 3.13. The van der Waals surface area contributed by atoms with E-state index < -0.39 is 0 Å². The number of anilines is 4. The molecule has 0 radical (unpaired) electrons. The molecule has 0 saturated heterocycles. The van der Waals surface area contributed by atoms with Gasteiger partial charge in [-0.25, -0.2) is 4.98 Å². The quantitative estimate of drug-likeness (QED) is 0.349. The third-order valence-electron chi connectivity index (χ3n) is 4.59. The minimum atomic E-state index is 0.390. The number of nitrogens with zero attached hydrogens (tertiary/aromatic N) is 6. The molecule has 0 aliphatic rings. The smallest absolute Gasteiger partial charge is 0.254 e. The minimum absolute atomic E-state index is 0.390. The third-order valence-corrected chi connectivity index (χ3v) is 4.80. The molecule has 2 aromatic carbocycles. The predicted octanol–water partition coefficient (Wildman–Crippen LogP) is 4.13. The number of fused-ring (bicyclic) bond motifs is 1. The summed E-state index contributed by atoms with van der Waals surface area (Å²) in [5, 5.41) is 22.7. The van der Waals surface area contributed by atoms with Gasteiger partial charge >= 0.3 is 0 Å². The van der Waals surface area contributed by atoms with Crippen LogP contribution in [0.3, 0.4) is 0 Å². The van der Waals surface area contributed by atoms with Gasteiger partial charge in [0.25, 0.3) is 5.78 Å². The van der Waals surface area contributed by atoms with Gasteiger partial charge in [0.05, 0.1) is 17.1 Å². The zero-order valence-electron chi connectivity index (χ0n) is 16.7. The van der Waals surface area contributed by atoms with Gasteiger partial charge in [-0.15, -0.1) is 10.2 Å². The van der Waals surface area contributed by atoms with Crippen molar-refractivity contribution < 1.29 is 0 Å². The molecule has 5 rings (SSSR count). The van der Waals surface area contributed by atoms with Crippen molar-refractivity contribution in [1.29, 1.82) is 0 Å². The second kappa shape index (κ2) is 8.74. The van der Waals surface area contributed by atoms with Crippen LogP contribution in [0.2, 0.25) is 0 Å². The Balaban J connectivity index is 1.29. The van der Waals surface area contributed by atoms with Gasteiger partial charge in [0.1, 0.15) is 12.1 Å². The lowest BCUT2D eigenvalue weighted by molar-refractivity contribution is 0.947. The lowest BCUT2D eigenvalue weighted by Crippen LogP contribution is -2.20. The minimum Gasteiger partial charge on any atom is -0.338 e. The monoisotopic (exact) mass is 439 g/mol. The van der Waals surface area contributed by atoms with Crippen LogP contribution in [0.1, 0.15) is 0 Å². The van der Waals surface area contributed by atoms with Crippen LogP contribution in [-0.4, -0.2) is 34.9 Å².